The van der Waals surface area contributed by atoms with Gasteiger partial charge < -0.3 is 19.5 Å². The van der Waals surface area contributed by atoms with Crippen LogP contribution in [0.15, 0.2) is 42.0 Å². The second-order valence-electron chi connectivity index (χ2n) is 6.84. The number of hydrogen-bond acceptors (Lipinski definition) is 5. The highest BCUT2D eigenvalue weighted by Gasteiger charge is 2.46. The highest BCUT2D eigenvalue weighted by Crippen LogP contribution is 2.41. The van der Waals surface area contributed by atoms with Crippen molar-refractivity contribution < 1.29 is 24.2 Å². The molecule has 158 valence electrons. The smallest absolute Gasteiger partial charge is 0.295 e. The Labute approximate surface area is 184 Å². The highest BCUT2D eigenvalue weighted by atomic mass is 35.5. The number of Topliss-reactive ketones (excluding diaryl/α,β-unsaturated/α-hetero) is 1. The molecule has 8 heteroatoms. The number of hydrogen-bond donors (Lipinski definition) is 1. The first-order valence-electron chi connectivity index (χ1n) is 9.17. The van der Waals surface area contributed by atoms with Gasteiger partial charge in [-0.15, -0.1) is 0 Å². The summed E-state index contributed by atoms with van der Waals surface area (Å²) in [7, 11) is 3.05. The molecule has 0 aromatic heterocycles. The molecule has 1 atom stereocenters. The summed E-state index contributed by atoms with van der Waals surface area (Å²) in [5, 5.41) is 11.7. The maximum absolute atomic E-state index is 12.9. The van der Waals surface area contributed by atoms with Crippen molar-refractivity contribution in [1.82, 2.24) is 4.90 Å². The second kappa shape index (κ2) is 9.08. The van der Waals surface area contributed by atoms with Crippen molar-refractivity contribution in [3.05, 3.63) is 68.7 Å². The Morgan fingerprint density at radius 1 is 1.10 bits per heavy atom. The van der Waals surface area contributed by atoms with Gasteiger partial charge in [0.15, 0.2) is 0 Å². The largest absolute Gasteiger partial charge is 0.507 e. The molecule has 30 heavy (non-hydrogen) atoms. The first-order valence-corrected chi connectivity index (χ1v) is 9.93. The standard InChI is InChI=1S/C22H21Cl2NO5/c1-12-10-14(5-7-17(12)30-3)20(26)18-19(13-4-6-15(23)16(24)11-13)25(8-9-29-2)22(28)21(18)27/h4-7,10-11,19,26H,8-9H2,1-3H3/t19-/m1/s1. The highest BCUT2D eigenvalue weighted by molar-refractivity contribution is 6.46. The topological polar surface area (TPSA) is 76.1 Å². The molecule has 2 aromatic rings. The van der Waals surface area contributed by atoms with E-state index in [0.29, 0.717) is 21.9 Å². The molecule has 1 amide bonds. The Bertz CT molecular complexity index is 1030. The monoisotopic (exact) mass is 449 g/mol. The zero-order valence-corrected chi connectivity index (χ0v) is 18.3. The summed E-state index contributed by atoms with van der Waals surface area (Å²) >= 11 is 12.2. The fourth-order valence-electron chi connectivity index (χ4n) is 3.51. The van der Waals surface area contributed by atoms with Gasteiger partial charge in [-0.05, 0) is 48.4 Å². The minimum atomic E-state index is -0.822. The number of carbonyl (C=O) groups excluding carboxylic acids is 2. The molecule has 6 nitrogen and oxygen atoms in total. The van der Waals surface area contributed by atoms with Crippen LogP contribution in [0.2, 0.25) is 10.0 Å². The lowest BCUT2D eigenvalue weighted by molar-refractivity contribution is -0.140. The number of likely N-dealkylation sites (tertiary alicyclic amines) is 1. The fraction of sp³-hybridized carbons (Fsp3) is 0.273. The molecule has 1 heterocycles. The van der Waals surface area contributed by atoms with Crippen LogP contribution >= 0.6 is 23.2 Å². The summed E-state index contributed by atoms with van der Waals surface area (Å²) in [4.78, 5) is 27.0. The summed E-state index contributed by atoms with van der Waals surface area (Å²) in [5.74, 6) is -1.11. The fourth-order valence-corrected chi connectivity index (χ4v) is 3.82. The van der Waals surface area contributed by atoms with Gasteiger partial charge in [0.2, 0.25) is 0 Å². The van der Waals surface area contributed by atoms with Crippen molar-refractivity contribution in [2.75, 3.05) is 27.4 Å². The number of ketones is 1. The molecular formula is C22H21Cl2NO5. The van der Waals surface area contributed by atoms with Gasteiger partial charge in [0, 0.05) is 19.2 Å². The summed E-state index contributed by atoms with van der Waals surface area (Å²) in [5.41, 5.74) is 1.73. The predicted molar refractivity (Wildman–Crippen MR) is 115 cm³/mol. The third-order valence-corrected chi connectivity index (χ3v) is 5.74. The van der Waals surface area contributed by atoms with Gasteiger partial charge in [0.25, 0.3) is 11.7 Å². The van der Waals surface area contributed by atoms with Crippen LogP contribution in [-0.2, 0) is 14.3 Å². The van der Waals surface area contributed by atoms with E-state index in [4.69, 9.17) is 32.7 Å². The van der Waals surface area contributed by atoms with Crippen molar-refractivity contribution in [1.29, 1.82) is 0 Å². The van der Waals surface area contributed by atoms with E-state index in [9.17, 15) is 14.7 Å². The predicted octanol–water partition coefficient (Wildman–Crippen LogP) is 4.38. The van der Waals surface area contributed by atoms with Crippen LogP contribution in [0, 0.1) is 6.92 Å². The van der Waals surface area contributed by atoms with E-state index in [0.717, 1.165) is 5.56 Å². The second-order valence-corrected chi connectivity index (χ2v) is 7.66. The molecule has 2 aromatic carbocycles. The zero-order chi connectivity index (χ0) is 22.0. The number of carbonyl (C=O) groups is 2. The van der Waals surface area contributed by atoms with Crippen LogP contribution in [0.5, 0.6) is 5.75 Å². The van der Waals surface area contributed by atoms with Crippen molar-refractivity contribution in [2.45, 2.75) is 13.0 Å². The summed E-state index contributed by atoms with van der Waals surface area (Å²) < 4.78 is 10.3. The van der Waals surface area contributed by atoms with Crippen LogP contribution in [0.1, 0.15) is 22.7 Å². The van der Waals surface area contributed by atoms with E-state index in [-0.39, 0.29) is 29.5 Å². The number of ether oxygens (including phenoxy) is 2. The maximum atomic E-state index is 12.9. The minimum Gasteiger partial charge on any atom is -0.507 e. The van der Waals surface area contributed by atoms with E-state index in [1.807, 2.05) is 6.92 Å². The Morgan fingerprint density at radius 2 is 1.83 bits per heavy atom. The Balaban J connectivity index is 2.19. The summed E-state index contributed by atoms with van der Waals surface area (Å²) in [6.45, 7) is 2.22. The van der Waals surface area contributed by atoms with Gasteiger partial charge in [-0.1, -0.05) is 29.3 Å². The number of benzene rings is 2. The minimum absolute atomic E-state index is 0.0148. The van der Waals surface area contributed by atoms with Crippen molar-refractivity contribution >= 4 is 40.7 Å². The van der Waals surface area contributed by atoms with Crippen LogP contribution in [0.4, 0.5) is 0 Å². The molecule has 1 aliphatic rings. The average molecular weight is 450 g/mol. The molecule has 0 saturated carbocycles. The van der Waals surface area contributed by atoms with Crippen molar-refractivity contribution in [2.24, 2.45) is 0 Å². The van der Waals surface area contributed by atoms with Crippen LogP contribution in [0.3, 0.4) is 0 Å². The number of amides is 1. The van der Waals surface area contributed by atoms with Gasteiger partial charge in [0.05, 0.1) is 35.4 Å². The number of rotatable bonds is 6. The SMILES string of the molecule is COCCN1C(=O)C(=O)C(=C(O)c2ccc(OC)c(C)c2)[C@H]1c1ccc(Cl)c(Cl)c1. The number of aliphatic hydroxyl groups is 1. The molecule has 0 bridgehead atoms. The van der Waals surface area contributed by atoms with Crippen LogP contribution in [-0.4, -0.2) is 49.1 Å². The number of methoxy groups -OCH3 is 2. The molecule has 0 unspecified atom stereocenters. The Kier molecular flexibility index (Phi) is 6.71. The Morgan fingerprint density at radius 3 is 2.43 bits per heavy atom. The molecule has 1 aliphatic heterocycles. The molecular weight excluding hydrogens is 429 g/mol. The Hall–Kier alpha value is -2.54. The molecule has 1 fully saturated rings. The van der Waals surface area contributed by atoms with Crippen molar-refractivity contribution in [3.63, 3.8) is 0 Å². The number of aliphatic hydroxyl groups excluding tert-OH is 1. The first kappa shape index (κ1) is 22.2. The van der Waals surface area contributed by atoms with E-state index >= 15 is 0 Å². The maximum Gasteiger partial charge on any atom is 0.295 e. The molecule has 0 aliphatic carbocycles. The average Bonchev–Trinajstić information content (AvgIpc) is 2.98. The number of halogens is 2. The number of nitrogens with zero attached hydrogens (tertiary/aromatic N) is 1. The molecule has 1 saturated heterocycles. The van der Waals surface area contributed by atoms with E-state index in [1.165, 1.54) is 12.0 Å². The van der Waals surface area contributed by atoms with Crippen LogP contribution < -0.4 is 4.74 Å². The van der Waals surface area contributed by atoms with E-state index in [1.54, 1.807) is 43.5 Å². The van der Waals surface area contributed by atoms with E-state index < -0.39 is 17.7 Å². The van der Waals surface area contributed by atoms with Gasteiger partial charge in [0.1, 0.15) is 11.5 Å². The first-order chi connectivity index (χ1) is 14.3. The lowest BCUT2D eigenvalue weighted by Gasteiger charge is -2.25. The van der Waals surface area contributed by atoms with Gasteiger partial charge >= 0.3 is 0 Å². The molecule has 3 rings (SSSR count). The third kappa shape index (κ3) is 4.03. The van der Waals surface area contributed by atoms with Gasteiger partial charge in [-0.25, -0.2) is 0 Å². The normalized spacial score (nSPS) is 18.2. The summed E-state index contributed by atoms with van der Waals surface area (Å²) in [6, 6.07) is 9.06. The molecule has 1 N–H and O–H groups in total. The van der Waals surface area contributed by atoms with Crippen molar-refractivity contribution in [3.8, 4) is 5.75 Å². The van der Waals surface area contributed by atoms with Gasteiger partial charge in [-0.2, -0.15) is 0 Å². The number of aryl methyl sites for hydroxylation is 1. The zero-order valence-electron chi connectivity index (χ0n) is 16.7. The van der Waals surface area contributed by atoms with E-state index in [2.05, 4.69) is 0 Å². The molecule has 0 radical (unpaired) electrons. The summed E-state index contributed by atoms with van der Waals surface area (Å²) in [6.07, 6.45) is 0. The van der Waals surface area contributed by atoms with Crippen LogP contribution in [0.25, 0.3) is 5.76 Å². The van der Waals surface area contributed by atoms with Gasteiger partial charge in [-0.3, -0.25) is 9.59 Å². The molecule has 0 spiro atoms. The quantitative estimate of drug-likeness (QED) is 0.402. The lowest BCUT2D eigenvalue weighted by atomic mass is 9.95. The lowest BCUT2D eigenvalue weighted by Crippen LogP contribution is -2.32. The third-order valence-electron chi connectivity index (χ3n) is 5.00.